The number of primary amides is 1. The molecule has 52 heavy (non-hydrogen) atoms. The first kappa shape index (κ1) is 33.5. The average molecular weight is 728 g/mol. The monoisotopic (exact) mass is 727 g/mol. The van der Waals surface area contributed by atoms with Gasteiger partial charge in [-0.05, 0) is 59.7 Å². The number of likely N-dealkylation sites (tertiary alicyclic amines) is 1. The topological polar surface area (TPSA) is 113 Å². The maximum Gasteiger partial charge on any atom is 0.271 e. The molecule has 1 amide bonds. The highest BCUT2D eigenvalue weighted by molar-refractivity contribution is 7.22. The number of carbonyl (C=O) groups excluding carboxylic acids is 1. The van der Waals surface area contributed by atoms with Crippen molar-refractivity contribution in [1.29, 1.82) is 0 Å². The Morgan fingerprint density at radius 3 is 2.50 bits per heavy atom. The number of hydrogen-bond donors (Lipinski definition) is 1. The van der Waals surface area contributed by atoms with Crippen LogP contribution >= 0.6 is 11.3 Å². The first-order chi connectivity index (χ1) is 25.0. The van der Waals surface area contributed by atoms with Crippen LogP contribution in [0.25, 0.3) is 26.5 Å². The molecule has 9 nitrogen and oxygen atoms in total. The van der Waals surface area contributed by atoms with Crippen LogP contribution in [-0.4, -0.2) is 44.4 Å². The van der Waals surface area contributed by atoms with E-state index >= 15 is 4.39 Å². The van der Waals surface area contributed by atoms with Crippen molar-refractivity contribution in [3.8, 4) is 33.5 Å². The second-order valence-electron chi connectivity index (χ2n) is 12.8. The van der Waals surface area contributed by atoms with Crippen LogP contribution in [0.3, 0.4) is 0 Å². The van der Waals surface area contributed by atoms with Crippen molar-refractivity contribution >= 4 is 27.5 Å². The molecule has 1 unspecified atom stereocenters. The standard InChI is InChI=1S/C38H29F4N5O4S/c39-24-3-5-25(6-4-24)47-20-23-16-31(51-34(23)33(36(43)48)37(47)49)22-2-8-29(26(40)15-22)50-30-9-12-44-28-17-32(52-35(28)30)27-7-1-21(18-45-27)19-46-13-10-38(41,42)11-14-46/h1-9,12,15,17-18,20,31H,10-11,13-14,16,19H2,(H2,43,48). The zero-order valence-electron chi connectivity index (χ0n) is 27.3. The number of carbonyl (C=O) groups is 1. The van der Waals surface area contributed by atoms with Crippen LogP contribution in [0.1, 0.15) is 46.0 Å². The second kappa shape index (κ2) is 13.2. The summed E-state index contributed by atoms with van der Waals surface area (Å²) in [6, 6.07) is 17.0. The molecule has 4 aromatic heterocycles. The number of benzene rings is 2. The van der Waals surface area contributed by atoms with Crippen LogP contribution in [0.15, 0.2) is 90.1 Å². The number of nitrogens with zero attached hydrogens (tertiary/aromatic N) is 4. The van der Waals surface area contributed by atoms with Crippen LogP contribution in [0.5, 0.6) is 17.2 Å². The van der Waals surface area contributed by atoms with Gasteiger partial charge < -0.3 is 15.2 Å². The number of fused-ring (bicyclic) bond motifs is 2. The van der Waals surface area contributed by atoms with Gasteiger partial charge in [0.2, 0.25) is 0 Å². The molecule has 2 aliphatic heterocycles. The summed E-state index contributed by atoms with van der Waals surface area (Å²) in [7, 11) is 0. The molecule has 2 aromatic carbocycles. The van der Waals surface area contributed by atoms with Gasteiger partial charge in [-0.25, -0.2) is 17.6 Å². The highest BCUT2D eigenvalue weighted by Crippen LogP contribution is 2.42. The molecule has 0 spiro atoms. The third-order valence-electron chi connectivity index (χ3n) is 9.25. The number of halogens is 4. The molecular weight excluding hydrogens is 699 g/mol. The molecule has 1 saturated heterocycles. The summed E-state index contributed by atoms with van der Waals surface area (Å²) in [4.78, 5) is 37.5. The van der Waals surface area contributed by atoms with Crippen molar-refractivity contribution in [2.45, 2.75) is 37.8 Å². The third-order valence-corrected chi connectivity index (χ3v) is 10.4. The van der Waals surface area contributed by atoms with E-state index in [1.807, 2.05) is 23.1 Å². The largest absolute Gasteiger partial charge is 0.484 e. The number of alkyl halides is 2. The Bertz CT molecular complexity index is 2390. The van der Waals surface area contributed by atoms with E-state index in [9.17, 15) is 22.8 Å². The average Bonchev–Trinajstić information content (AvgIpc) is 3.76. The lowest BCUT2D eigenvalue weighted by molar-refractivity contribution is -0.0566. The van der Waals surface area contributed by atoms with E-state index in [4.69, 9.17) is 15.2 Å². The number of rotatable bonds is 8. The Labute approximate surface area is 297 Å². The molecule has 6 aromatic rings. The van der Waals surface area contributed by atoms with Gasteiger partial charge in [0.25, 0.3) is 17.4 Å². The molecule has 2 N–H and O–H groups in total. The zero-order chi connectivity index (χ0) is 36.1. The summed E-state index contributed by atoms with van der Waals surface area (Å²) >= 11 is 1.39. The van der Waals surface area contributed by atoms with Gasteiger partial charge >= 0.3 is 0 Å². The zero-order valence-corrected chi connectivity index (χ0v) is 28.1. The number of ether oxygens (including phenoxy) is 2. The number of piperidine rings is 1. The first-order valence-corrected chi connectivity index (χ1v) is 17.3. The van der Waals surface area contributed by atoms with E-state index in [2.05, 4.69) is 9.97 Å². The lowest BCUT2D eigenvalue weighted by Crippen LogP contribution is -2.38. The molecule has 14 heteroatoms. The maximum absolute atomic E-state index is 15.6. The van der Waals surface area contributed by atoms with Crippen LogP contribution in [0.2, 0.25) is 0 Å². The van der Waals surface area contributed by atoms with Crippen LogP contribution in [0, 0.1) is 11.6 Å². The highest BCUT2D eigenvalue weighted by Gasteiger charge is 2.34. The Kier molecular flexibility index (Phi) is 8.50. The van der Waals surface area contributed by atoms with Crippen molar-refractivity contribution < 1.29 is 31.8 Å². The van der Waals surface area contributed by atoms with E-state index in [0.29, 0.717) is 58.1 Å². The summed E-state index contributed by atoms with van der Waals surface area (Å²) in [5.41, 5.74) is 8.10. The summed E-state index contributed by atoms with van der Waals surface area (Å²) in [6.07, 6.45) is 4.04. The fraction of sp³-hybridized carbons (Fsp3) is 0.211. The lowest BCUT2D eigenvalue weighted by Gasteiger charge is -2.31. The van der Waals surface area contributed by atoms with Crippen LogP contribution in [0.4, 0.5) is 17.6 Å². The van der Waals surface area contributed by atoms with E-state index in [1.165, 1.54) is 58.5 Å². The fourth-order valence-corrected chi connectivity index (χ4v) is 7.55. The second-order valence-corrected chi connectivity index (χ2v) is 13.8. The molecule has 0 bridgehead atoms. The van der Waals surface area contributed by atoms with Crippen molar-refractivity contribution in [3.05, 3.63) is 130 Å². The number of amides is 1. The van der Waals surface area contributed by atoms with Gasteiger partial charge in [0.05, 0.1) is 20.8 Å². The Balaban J connectivity index is 0.995. The van der Waals surface area contributed by atoms with Crippen LogP contribution in [-0.2, 0) is 13.0 Å². The van der Waals surface area contributed by atoms with Crippen molar-refractivity contribution in [3.63, 3.8) is 0 Å². The number of thiophene rings is 1. The van der Waals surface area contributed by atoms with E-state index in [0.717, 1.165) is 10.4 Å². The van der Waals surface area contributed by atoms with E-state index in [-0.39, 0.29) is 36.3 Å². The molecule has 0 radical (unpaired) electrons. The molecule has 2 aliphatic rings. The fourth-order valence-electron chi connectivity index (χ4n) is 6.51. The highest BCUT2D eigenvalue weighted by atomic mass is 32.1. The van der Waals surface area contributed by atoms with E-state index < -0.39 is 35.1 Å². The van der Waals surface area contributed by atoms with Gasteiger partial charge in [-0.2, -0.15) is 0 Å². The quantitative estimate of drug-likeness (QED) is 0.161. The molecular formula is C38H29F4N5O4S. The molecule has 8 rings (SSSR count). The van der Waals surface area contributed by atoms with E-state index in [1.54, 1.807) is 24.5 Å². The lowest BCUT2D eigenvalue weighted by atomic mass is 10.0. The minimum atomic E-state index is -2.59. The Morgan fingerprint density at radius 1 is 1.00 bits per heavy atom. The summed E-state index contributed by atoms with van der Waals surface area (Å²) in [5, 5.41) is 0. The minimum Gasteiger partial charge on any atom is -0.484 e. The SMILES string of the molecule is NC(=O)c1c2c(cn(-c3ccc(F)cc3)c1=O)CC(c1ccc(Oc3ccnc4cc(-c5ccc(CN6CCC(F)(F)CC6)cn5)sc34)c(F)c1)O2. The van der Waals surface area contributed by atoms with Crippen molar-refractivity contribution in [2.75, 3.05) is 13.1 Å². The van der Waals surface area contributed by atoms with Gasteiger partial charge in [-0.3, -0.25) is 29.0 Å². The molecule has 0 aliphatic carbocycles. The smallest absolute Gasteiger partial charge is 0.271 e. The molecule has 1 atom stereocenters. The predicted octanol–water partition coefficient (Wildman–Crippen LogP) is 7.59. The Morgan fingerprint density at radius 2 is 1.79 bits per heavy atom. The first-order valence-electron chi connectivity index (χ1n) is 16.4. The molecule has 1 fully saturated rings. The number of hydrogen-bond acceptors (Lipinski definition) is 8. The molecule has 0 saturated carbocycles. The normalized spacial score (nSPS) is 16.8. The van der Waals surface area contributed by atoms with Gasteiger partial charge in [-0.15, -0.1) is 11.3 Å². The van der Waals surface area contributed by atoms with Crippen molar-refractivity contribution in [1.82, 2.24) is 19.4 Å². The predicted molar refractivity (Wildman–Crippen MR) is 186 cm³/mol. The van der Waals surface area contributed by atoms with Gasteiger partial charge in [0.15, 0.2) is 11.6 Å². The summed E-state index contributed by atoms with van der Waals surface area (Å²) in [6.45, 7) is 1.23. The Hall–Kier alpha value is -5.60. The van der Waals surface area contributed by atoms with Gasteiger partial charge in [-0.1, -0.05) is 12.1 Å². The number of pyridine rings is 3. The minimum absolute atomic E-state index is 0.0338. The van der Waals surface area contributed by atoms with Gasteiger partial charge in [0, 0.05) is 74.8 Å². The van der Waals surface area contributed by atoms with Gasteiger partial charge in [0.1, 0.15) is 29.0 Å². The number of nitrogens with two attached hydrogens (primary N) is 1. The number of aromatic nitrogens is 3. The maximum atomic E-state index is 15.6. The summed E-state index contributed by atoms with van der Waals surface area (Å²) in [5.74, 6) is -4.31. The molecule has 6 heterocycles. The third kappa shape index (κ3) is 6.50. The summed E-state index contributed by atoms with van der Waals surface area (Å²) < 4.78 is 70.2. The van der Waals surface area contributed by atoms with Crippen LogP contribution < -0.4 is 20.8 Å². The molecule has 264 valence electrons. The van der Waals surface area contributed by atoms with Crippen molar-refractivity contribution in [2.24, 2.45) is 5.73 Å².